The van der Waals surface area contributed by atoms with Crippen LogP contribution in [0, 0.1) is 11.6 Å². The Morgan fingerprint density at radius 3 is 2.15 bits per heavy atom. The quantitative estimate of drug-likeness (QED) is 0.847. The standard InChI is InChI=1S/C17H19F2N/c1-2-20-14(11-13-7-4-3-5-8-13)12-15-16(18)9-6-10-17(15)19/h3-10,14,20H,2,11-12H2,1H3. The van der Waals surface area contributed by atoms with Crippen LogP contribution in [-0.4, -0.2) is 12.6 Å². The molecule has 1 N–H and O–H groups in total. The molecule has 0 bridgehead atoms. The first-order valence-electron chi connectivity index (χ1n) is 6.91. The van der Waals surface area contributed by atoms with E-state index in [1.165, 1.54) is 18.2 Å². The molecule has 0 radical (unpaired) electrons. The zero-order chi connectivity index (χ0) is 14.4. The summed E-state index contributed by atoms with van der Waals surface area (Å²) in [5, 5.41) is 3.30. The normalized spacial score (nSPS) is 12.3. The number of nitrogens with one attached hydrogen (secondary N) is 1. The van der Waals surface area contributed by atoms with Gasteiger partial charge in [-0.2, -0.15) is 0 Å². The summed E-state index contributed by atoms with van der Waals surface area (Å²) in [5.41, 5.74) is 1.32. The molecule has 0 aromatic heterocycles. The second-order valence-electron chi connectivity index (χ2n) is 4.85. The van der Waals surface area contributed by atoms with Crippen molar-refractivity contribution in [3.05, 3.63) is 71.3 Å². The highest BCUT2D eigenvalue weighted by atomic mass is 19.1. The van der Waals surface area contributed by atoms with Crippen LogP contribution < -0.4 is 5.32 Å². The van der Waals surface area contributed by atoms with Gasteiger partial charge in [-0.15, -0.1) is 0 Å². The summed E-state index contributed by atoms with van der Waals surface area (Å²) >= 11 is 0. The minimum Gasteiger partial charge on any atom is -0.314 e. The Kier molecular flexibility index (Phi) is 5.24. The summed E-state index contributed by atoms with van der Waals surface area (Å²) in [5.74, 6) is -0.943. The van der Waals surface area contributed by atoms with E-state index in [2.05, 4.69) is 5.32 Å². The Morgan fingerprint density at radius 1 is 0.900 bits per heavy atom. The van der Waals surface area contributed by atoms with Gasteiger partial charge in [0.05, 0.1) is 0 Å². The van der Waals surface area contributed by atoms with Crippen LogP contribution in [0.3, 0.4) is 0 Å². The molecular formula is C17H19F2N. The molecule has 0 saturated heterocycles. The minimum atomic E-state index is -0.471. The summed E-state index contributed by atoms with van der Waals surface area (Å²) in [6, 6.07) is 14.0. The fourth-order valence-corrected chi connectivity index (χ4v) is 2.38. The lowest BCUT2D eigenvalue weighted by molar-refractivity contribution is 0.484. The van der Waals surface area contributed by atoms with Crippen molar-refractivity contribution in [2.75, 3.05) is 6.54 Å². The molecule has 0 aliphatic rings. The first kappa shape index (κ1) is 14.7. The molecule has 20 heavy (non-hydrogen) atoms. The first-order valence-corrected chi connectivity index (χ1v) is 6.91. The molecule has 2 aromatic rings. The zero-order valence-corrected chi connectivity index (χ0v) is 11.6. The molecule has 106 valence electrons. The highest BCUT2D eigenvalue weighted by Crippen LogP contribution is 2.16. The van der Waals surface area contributed by atoms with Crippen molar-refractivity contribution in [3.63, 3.8) is 0 Å². The highest BCUT2D eigenvalue weighted by molar-refractivity contribution is 5.22. The van der Waals surface area contributed by atoms with Crippen molar-refractivity contribution in [3.8, 4) is 0 Å². The monoisotopic (exact) mass is 275 g/mol. The van der Waals surface area contributed by atoms with E-state index >= 15 is 0 Å². The van der Waals surface area contributed by atoms with Crippen LogP contribution in [0.4, 0.5) is 8.78 Å². The number of halogens is 2. The smallest absolute Gasteiger partial charge is 0.129 e. The van der Waals surface area contributed by atoms with E-state index in [0.717, 1.165) is 18.5 Å². The van der Waals surface area contributed by atoms with Crippen molar-refractivity contribution >= 4 is 0 Å². The fourth-order valence-electron chi connectivity index (χ4n) is 2.38. The van der Waals surface area contributed by atoms with Crippen molar-refractivity contribution in [1.29, 1.82) is 0 Å². The second kappa shape index (κ2) is 7.15. The average Bonchev–Trinajstić information content (AvgIpc) is 2.44. The molecule has 1 unspecified atom stereocenters. The maximum atomic E-state index is 13.7. The van der Waals surface area contributed by atoms with E-state index in [1.54, 1.807) is 0 Å². The molecule has 0 fully saturated rings. The molecule has 0 heterocycles. The topological polar surface area (TPSA) is 12.0 Å². The Hall–Kier alpha value is -1.74. The maximum absolute atomic E-state index is 13.7. The third-order valence-corrected chi connectivity index (χ3v) is 3.33. The van der Waals surface area contributed by atoms with Crippen LogP contribution >= 0.6 is 0 Å². The predicted octanol–water partition coefficient (Wildman–Crippen LogP) is 3.73. The minimum absolute atomic E-state index is 0.0220. The summed E-state index contributed by atoms with van der Waals surface area (Å²) in [6.45, 7) is 2.77. The van der Waals surface area contributed by atoms with Crippen LogP contribution in [0.25, 0.3) is 0 Å². The molecule has 1 nitrogen and oxygen atoms in total. The Bertz CT molecular complexity index is 520. The van der Waals surface area contributed by atoms with Crippen LogP contribution in [-0.2, 0) is 12.8 Å². The molecule has 0 saturated carbocycles. The van der Waals surface area contributed by atoms with Gasteiger partial charge >= 0.3 is 0 Å². The van der Waals surface area contributed by atoms with Crippen molar-refractivity contribution in [1.82, 2.24) is 5.32 Å². The number of hydrogen-bond acceptors (Lipinski definition) is 1. The van der Waals surface area contributed by atoms with Gasteiger partial charge in [0.15, 0.2) is 0 Å². The van der Waals surface area contributed by atoms with Gasteiger partial charge in [-0.25, -0.2) is 8.78 Å². The van der Waals surface area contributed by atoms with Gasteiger partial charge in [0.25, 0.3) is 0 Å². The van der Waals surface area contributed by atoms with Crippen molar-refractivity contribution < 1.29 is 8.78 Å². The van der Waals surface area contributed by atoms with Crippen LogP contribution in [0.15, 0.2) is 48.5 Å². The van der Waals surface area contributed by atoms with E-state index in [-0.39, 0.29) is 11.6 Å². The molecule has 2 aromatic carbocycles. The van der Waals surface area contributed by atoms with Gasteiger partial charge in [0, 0.05) is 11.6 Å². The SMILES string of the molecule is CCNC(Cc1ccccc1)Cc1c(F)cccc1F. The molecule has 0 aliphatic carbocycles. The number of benzene rings is 2. The second-order valence-corrected chi connectivity index (χ2v) is 4.85. The van der Waals surface area contributed by atoms with Gasteiger partial charge in [0.2, 0.25) is 0 Å². The Labute approximate surface area is 118 Å². The first-order chi connectivity index (χ1) is 9.70. The summed E-state index contributed by atoms with van der Waals surface area (Å²) in [7, 11) is 0. The zero-order valence-electron chi connectivity index (χ0n) is 11.6. The molecule has 3 heteroatoms. The molecule has 2 rings (SSSR count). The van der Waals surface area contributed by atoms with E-state index in [0.29, 0.717) is 6.42 Å². The number of likely N-dealkylation sites (N-methyl/N-ethyl adjacent to an activating group) is 1. The average molecular weight is 275 g/mol. The Morgan fingerprint density at radius 2 is 1.55 bits per heavy atom. The van der Waals surface area contributed by atoms with Crippen LogP contribution in [0.1, 0.15) is 18.1 Å². The van der Waals surface area contributed by atoms with E-state index < -0.39 is 11.6 Å². The van der Waals surface area contributed by atoms with Crippen LogP contribution in [0.2, 0.25) is 0 Å². The maximum Gasteiger partial charge on any atom is 0.129 e. The lowest BCUT2D eigenvalue weighted by Crippen LogP contribution is -2.33. The van der Waals surface area contributed by atoms with E-state index in [4.69, 9.17) is 0 Å². The van der Waals surface area contributed by atoms with Crippen molar-refractivity contribution in [2.24, 2.45) is 0 Å². The van der Waals surface area contributed by atoms with Gasteiger partial charge in [-0.05, 0) is 37.1 Å². The molecule has 0 spiro atoms. The largest absolute Gasteiger partial charge is 0.314 e. The van der Waals surface area contributed by atoms with E-state index in [1.807, 2.05) is 37.3 Å². The van der Waals surface area contributed by atoms with Gasteiger partial charge < -0.3 is 5.32 Å². The highest BCUT2D eigenvalue weighted by Gasteiger charge is 2.15. The molecule has 0 amide bonds. The third-order valence-electron chi connectivity index (χ3n) is 3.33. The lowest BCUT2D eigenvalue weighted by atomic mass is 9.98. The lowest BCUT2D eigenvalue weighted by Gasteiger charge is -2.19. The number of rotatable bonds is 6. The summed E-state index contributed by atoms with van der Waals surface area (Å²) in [4.78, 5) is 0. The molecular weight excluding hydrogens is 256 g/mol. The Balaban J connectivity index is 2.13. The fraction of sp³-hybridized carbons (Fsp3) is 0.294. The van der Waals surface area contributed by atoms with Gasteiger partial charge in [-0.3, -0.25) is 0 Å². The summed E-state index contributed by atoms with van der Waals surface area (Å²) < 4.78 is 27.4. The molecule has 1 atom stereocenters. The third kappa shape index (κ3) is 3.87. The van der Waals surface area contributed by atoms with Gasteiger partial charge in [-0.1, -0.05) is 43.3 Å². The summed E-state index contributed by atoms with van der Waals surface area (Å²) in [6.07, 6.45) is 1.10. The van der Waals surface area contributed by atoms with Crippen LogP contribution in [0.5, 0.6) is 0 Å². The van der Waals surface area contributed by atoms with Crippen molar-refractivity contribution in [2.45, 2.75) is 25.8 Å². The molecule has 0 aliphatic heterocycles. The van der Waals surface area contributed by atoms with E-state index in [9.17, 15) is 8.78 Å². The van der Waals surface area contributed by atoms with Gasteiger partial charge in [0.1, 0.15) is 11.6 Å². The number of hydrogen-bond donors (Lipinski definition) is 1. The predicted molar refractivity (Wildman–Crippen MR) is 77.7 cm³/mol.